The first kappa shape index (κ1) is 20.3. The van der Waals surface area contributed by atoms with E-state index in [-0.39, 0.29) is 17.0 Å². The molecule has 0 aliphatic carbocycles. The fourth-order valence-electron chi connectivity index (χ4n) is 4.30. The second kappa shape index (κ2) is 8.77. The van der Waals surface area contributed by atoms with E-state index < -0.39 is 4.92 Å². The molecule has 1 saturated heterocycles. The maximum absolute atomic E-state index is 10.9. The summed E-state index contributed by atoms with van der Waals surface area (Å²) in [7, 11) is 0. The quantitative estimate of drug-likeness (QED) is 0.526. The highest BCUT2D eigenvalue weighted by atomic mass is 35.5. The molecule has 1 atom stereocenters. The number of fused-ring (bicyclic) bond motifs is 1. The Morgan fingerprint density at radius 1 is 1.31 bits per heavy atom. The van der Waals surface area contributed by atoms with Gasteiger partial charge in [0.1, 0.15) is 6.20 Å². The number of hydrogen-bond acceptors (Lipinski definition) is 6. The maximum atomic E-state index is 10.9. The van der Waals surface area contributed by atoms with Crippen LogP contribution >= 0.6 is 11.6 Å². The number of imidazole rings is 1. The molecule has 0 N–H and O–H groups in total. The molecule has 29 heavy (non-hydrogen) atoms. The van der Waals surface area contributed by atoms with E-state index in [0.717, 1.165) is 52.1 Å². The fourth-order valence-corrected chi connectivity index (χ4v) is 4.50. The van der Waals surface area contributed by atoms with E-state index in [0.29, 0.717) is 12.5 Å². The normalized spacial score (nSPS) is 19.1. The van der Waals surface area contributed by atoms with Gasteiger partial charge < -0.3 is 14.9 Å². The van der Waals surface area contributed by atoms with Gasteiger partial charge in [0.25, 0.3) is 0 Å². The van der Waals surface area contributed by atoms with Crippen molar-refractivity contribution in [3.63, 3.8) is 0 Å². The molecule has 0 amide bonds. The lowest BCUT2D eigenvalue weighted by Crippen LogP contribution is -2.35. The van der Waals surface area contributed by atoms with E-state index in [1.54, 1.807) is 4.57 Å². The Balaban J connectivity index is 1.35. The molecule has 0 saturated carbocycles. The third-order valence-electron chi connectivity index (χ3n) is 5.77. The van der Waals surface area contributed by atoms with Crippen molar-refractivity contribution in [2.75, 3.05) is 26.3 Å². The molecule has 1 fully saturated rings. The van der Waals surface area contributed by atoms with Crippen LogP contribution in [0.15, 0.2) is 18.3 Å². The van der Waals surface area contributed by atoms with Crippen molar-refractivity contribution in [3.8, 4) is 0 Å². The molecule has 2 aromatic heterocycles. The summed E-state index contributed by atoms with van der Waals surface area (Å²) in [6, 6.07) is 4.42. The van der Waals surface area contributed by atoms with E-state index in [4.69, 9.17) is 21.3 Å². The summed E-state index contributed by atoms with van der Waals surface area (Å²) in [6.07, 6.45) is 4.48. The molecule has 4 heterocycles. The molecular weight excluding hydrogens is 394 g/mol. The van der Waals surface area contributed by atoms with Crippen LogP contribution in [0.2, 0.25) is 5.28 Å². The molecule has 0 aromatic carbocycles. The van der Waals surface area contributed by atoms with Crippen LogP contribution < -0.4 is 0 Å². The topological polar surface area (TPSA) is 86.3 Å². The van der Waals surface area contributed by atoms with Gasteiger partial charge in [0.05, 0.1) is 0 Å². The number of nitrogens with zero attached hydrogens (tertiary/aromatic N) is 5. The Morgan fingerprint density at radius 3 is 2.83 bits per heavy atom. The molecule has 2 aromatic rings. The molecular formula is C20H26ClN5O3. The Labute approximate surface area is 175 Å². The molecule has 0 spiro atoms. The summed E-state index contributed by atoms with van der Waals surface area (Å²) in [5.74, 6) is 0.605. The van der Waals surface area contributed by atoms with Gasteiger partial charge in [0.2, 0.25) is 0 Å². The summed E-state index contributed by atoms with van der Waals surface area (Å²) in [5.41, 5.74) is 3.74. The fraction of sp³-hybridized carbons (Fsp3) is 0.600. The molecule has 0 radical (unpaired) electrons. The first-order valence-corrected chi connectivity index (χ1v) is 10.5. The summed E-state index contributed by atoms with van der Waals surface area (Å²) in [6.45, 7) is 7.15. The number of rotatable bonds is 6. The number of aromatic nitrogens is 3. The highest BCUT2D eigenvalue weighted by Crippen LogP contribution is 2.28. The third kappa shape index (κ3) is 4.76. The number of ether oxygens (including phenoxy) is 1. The van der Waals surface area contributed by atoms with Crippen molar-refractivity contribution in [2.45, 2.75) is 45.2 Å². The first-order valence-electron chi connectivity index (χ1n) is 10.2. The second-order valence-corrected chi connectivity index (χ2v) is 8.43. The number of halogens is 1. The second-order valence-electron chi connectivity index (χ2n) is 8.10. The van der Waals surface area contributed by atoms with E-state index >= 15 is 0 Å². The van der Waals surface area contributed by atoms with Gasteiger partial charge in [0, 0.05) is 63.1 Å². The average Bonchev–Trinajstić information content (AvgIpc) is 3.09. The lowest BCUT2D eigenvalue weighted by Gasteiger charge is -2.31. The third-order valence-corrected chi connectivity index (χ3v) is 6.07. The Morgan fingerprint density at radius 2 is 2.10 bits per heavy atom. The minimum atomic E-state index is -0.518. The predicted molar refractivity (Wildman–Crippen MR) is 109 cm³/mol. The van der Waals surface area contributed by atoms with Crippen LogP contribution in [0.5, 0.6) is 0 Å². The minimum Gasteiger partial charge on any atom is -0.381 e. The molecule has 4 rings (SSSR count). The smallest absolute Gasteiger partial charge is 0.381 e. The minimum absolute atomic E-state index is 0.164. The number of pyridine rings is 1. The summed E-state index contributed by atoms with van der Waals surface area (Å²) >= 11 is 6.04. The van der Waals surface area contributed by atoms with Crippen molar-refractivity contribution in [3.05, 3.63) is 50.7 Å². The summed E-state index contributed by atoms with van der Waals surface area (Å²) in [5, 5.41) is 11.0. The van der Waals surface area contributed by atoms with Gasteiger partial charge in [-0.3, -0.25) is 14.5 Å². The predicted octanol–water partition coefficient (Wildman–Crippen LogP) is 3.43. The monoisotopic (exact) mass is 419 g/mol. The van der Waals surface area contributed by atoms with Crippen LogP contribution in [0.1, 0.15) is 42.6 Å². The van der Waals surface area contributed by atoms with Gasteiger partial charge in [-0.1, -0.05) is 13.0 Å². The molecule has 9 heteroatoms. The Hall–Kier alpha value is -2.03. The SMILES string of the molecule is CC(CN1CCc2nc(C3CCOCC3)ccc2C1)Cn1cc([N+](=O)[O-])nc1Cl. The van der Waals surface area contributed by atoms with Gasteiger partial charge >= 0.3 is 11.1 Å². The molecule has 156 valence electrons. The lowest BCUT2D eigenvalue weighted by molar-refractivity contribution is -0.389. The van der Waals surface area contributed by atoms with Crippen molar-refractivity contribution in [1.82, 2.24) is 19.4 Å². The van der Waals surface area contributed by atoms with E-state index in [2.05, 4.69) is 28.9 Å². The van der Waals surface area contributed by atoms with Crippen molar-refractivity contribution >= 4 is 17.4 Å². The zero-order chi connectivity index (χ0) is 20.4. The standard InChI is InChI=1S/C20H26ClN5O3/c1-14(11-25-13-19(26(27)28)23-20(25)21)10-24-7-4-18-16(12-24)2-3-17(22-18)15-5-8-29-9-6-15/h2-3,13-15H,4-12H2,1H3. The summed E-state index contributed by atoms with van der Waals surface area (Å²) < 4.78 is 7.12. The van der Waals surface area contributed by atoms with Crippen LogP contribution in [0.25, 0.3) is 0 Å². The van der Waals surface area contributed by atoms with E-state index in [1.807, 2.05) is 0 Å². The van der Waals surface area contributed by atoms with Crippen molar-refractivity contribution in [2.24, 2.45) is 5.92 Å². The molecule has 8 nitrogen and oxygen atoms in total. The van der Waals surface area contributed by atoms with Crippen LogP contribution in [-0.4, -0.2) is 50.7 Å². The molecule has 2 aliphatic heterocycles. The van der Waals surface area contributed by atoms with Gasteiger partial charge in [-0.05, 0) is 51.9 Å². The number of hydrogen-bond donors (Lipinski definition) is 0. The highest BCUT2D eigenvalue weighted by Gasteiger charge is 2.24. The van der Waals surface area contributed by atoms with E-state index in [1.165, 1.54) is 23.1 Å². The summed E-state index contributed by atoms with van der Waals surface area (Å²) in [4.78, 5) is 21.5. The lowest BCUT2D eigenvalue weighted by atomic mass is 9.94. The highest BCUT2D eigenvalue weighted by molar-refractivity contribution is 6.28. The van der Waals surface area contributed by atoms with Crippen LogP contribution in [-0.2, 0) is 24.2 Å². The Bertz CT molecular complexity index is 881. The van der Waals surface area contributed by atoms with Crippen LogP contribution in [0, 0.1) is 16.0 Å². The van der Waals surface area contributed by atoms with Gasteiger partial charge in [-0.2, -0.15) is 0 Å². The van der Waals surface area contributed by atoms with Gasteiger partial charge in [0.15, 0.2) is 0 Å². The average molecular weight is 420 g/mol. The van der Waals surface area contributed by atoms with Crippen molar-refractivity contribution in [1.29, 1.82) is 0 Å². The van der Waals surface area contributed by atoms with Crippen molar-refractivity contribution < 1.29 is 9.66 Å². The van der Waals surface area contributed by atoms with Crippen LogP contribution in [0.4, 0.5) is 5.82 Å². The molecule has 2 aliphatic rings. The van der Waals surface area contributed by atoms with Gasteiger partial charge in [-0.15, -0.1) is 0 Å². The first-order chi connectivity index (χ1) is 14.0. The largest absolute Gasteiger partial charge is 0.383 e. The maximum Gasteiger partial charge on any atom is 0.383 e. The molecule has 1 unspecified atom stereocenters. The van der Waals surface area contributed by atoms with Crippen LogP contribution in [0.3, 0.4) is 0 Å². The van der Waals surface area contributed by atoms with Gasteiger partial charge in [-0.25, -0.2) is 0 Å². The zero-order valence-corrected chi connectivity index (χ0v) is 17.3. The van der Waals surface area contributed by atoms with E-state index in [9.17, 15) is 10.1 Å². The molecule has 0 bridgehead atoms. The zero-order valence-electron chi connectivity index (χ0n) is 16.6. The number of nitro groups is 1. The Kier molecular flexibility index (Phi) is 6.12.